The minimum atomic E-state index is -0.0444. The summed E-state index contributed by atoms with van der Waals surface area (Å²) in [7, 11) is 0. The Labute approximate surface area is 93.7 Å². The summed E-state index contributed by atoms with van der Waals surface area (Å²) in [6.07, 6.45) is 4.64. The van der Waals surface area contributed by atoms with E-state index in [4.69, 9.17) is 4.42 Å². The molecular weight excluding hydrogens is 295 g/mol. The number of furan rings is 1. The highest BCUT2D eigenvalue weighted by Crippen LogP contribution is 2.01. The van der Waals surface area contributed by atoms with Crippen molar-refractivity contribution in [2.45, 2.75) is 6.54 Å². The van der Waals surface area contributed by atoms with E-state index in [9.17, 15) is 4.79 Å². The number of hydrogen-bond donors (Lipinski definition) is 0. The quantitative estimate of drug-likeness (QED) is 0.790. The molecule has 2 rings (SSSR count). The average molecular weight is 302 g/mol. The summed E-state index contributed by atoms with van der Waals surface area (Å²) in [5, 5.41) is 0. The van der Waals surface area contributed by atoms with Gasteiger partial charge in [-0.3, -0.25) is 9.36 Å². The molecule has 0 bridgehead atoms. The molecule has 2 aromatic heterocycles. The Kier molecular flexibility index (Phi) is 2.67. The summed E-state index contributed by atoms with van der Waals surface area (Å²) in [6.45, 7) is 0.426. The summed E-state index contributed by atoms with van der Waals surface area (Å²) in [5.41, 5.74) is -0.0444. The lowest BCUT2D eigenvalue weighted by Gasteiger charge is -2.01. The fraction of sp³-hybridized carbons (Fsp3) is 0.111. The molecule has 4 nitrogen and oxygen atoms in total. The van der Waals surface area contributed by atoms with Gasteiger partial charge in [0.25, 0.3) is 5.56 Å². The van der Waals surface area contributed by atoms with Gasteiger partial charge in [0.1, 0.15) is 5.76 Å². The van der Waals surface area contributed by atoms with E-state index in [0.29, 0.717) is 10.1 Å². The van der Waals surface area contributed by atoms with Crippen LogP contribution in [0.2, 0.25) is 0 Å². The lowest BCUT2D eigenvalue weighted by Crippen LogP contribution is -2.22. The maximum Gasteiger partial charge on any atom is 0.267 e. The zero-order valence-electron chi connectivity index (χ0n) is 7.18. The molecule has 0 N–H and O–H groups in total. The van der Waals surface area contributed by atoms with E-state index in [0.717, 1.165) is 5.76 Å². The smallest absolute Gasteiger partial charge is 0.267 e. The van der Waals surface area contributed by atoms with Gasteiger partial charge in [-0.1, -0.05) is 0 Å². The molecule has 0 radical (unpaired) electrons. The van der Waals surface area contributed by atoms with Crippen molar-refractivity contribution in [3.63, 3.8) is 0 Å². The topological polar surface area (TPSA) is 48.0 Å². The second kappa shape index (κ2) is 3.95. The van der Waals surface area contributed by atoms with Crippen LogP contribution in [-0.2, 0) is 6.54 Å². The first kappa shape index (κ1) is 9.45. The standard InChI is InChI=1S/C9H7IN2O2/c10-8-4-11-6-12(9(8)13)5-7-2-1-3-14-7/h1-4,6H,5H2. The molecule has 5 heteroatoms. The Balaban J connectivity index is 2.34. The van der Waals surface area contributed by atoms with Crippen LogP contribution in [0.25, 0.3) is 0 Å². The molecule has 0 atom stereocenters. The highest BCUT2D eigenvalue weighted by atomic mass is 127. The number of aromatic nitrogens is 2. The van der Waals surface area contributed by atoms with Gasteiger partial charge in [-0.15, -0.1) is 0 Å². The van der Waals surface area contributed by atoms with Crippen molar-refractivity contribution in [1.82, 2.24) is 9.55 Å². The van der Waals surface area contributed by atoms with Crippen LogP contribution in [0.15, 0.2) is 40.1 Å². The van der Waals surface area contributed by atoms with E-state index in [1.807, 2.05) is 28.7 Å². The molecule has 2 aromatic rings. The Bertz CT molecular complexity index is 476. The van der Waals surface area contributed by atoms with Crippen LogP contribution in [0.4, 0.5) is 0 Å². The molecule has 0 amide bonds. The second-order valence-electron chi connectivity index (χ2n) is 2.75. The van der Waals surface area contributed by atoms with Crippen LogP contribution in [0.1, 0.15) is 5.76 Å². The number of rotatable bonds is 2. The summed E-state index contributed by atoms with van der Waals surface area (Å²) in [5.74, 6) is 0.746. The van der Waals surface area contributed by atoms with Crippen molar-refractivity contribution in [1.29, 1.82) is 0 Å². The molecule has 0 aliphatic heterocycles. The van der Waals surface area contributed by atoms with Crippen molar-refractivity contribution >= 4 is 22.6 Å². The second-order valence-corrected chi connectivity index (χ2v) is 3.92. The van der Waals surface area contributed by atoms with Crippen LogP contribution in [0.5, 0.6) is 0 Å². The van der Waals surface area contributed by atoms with E-state index < -0.39 is 0 Å². The molecule has 0 spiro atoms. The molecular formula is C9H7IN2O2. The minimum absolute atomic E-state index is 0.0444. The molecule has 0 aliphatic carbocycles. The van der Waals surface area contributed by atoms with Gasteiger partial charge < -0.3 is 4.42 Å². The first-order chi connectivity index (χ1) is 6.77. The largest absolute Gasteiger partial charge is 0.467 e. The monoisotopic (exact) mass is 302 g/mol. The van der Waals surface area contributed by atoms with Gasteiger partial charge in [0.2, 0.25) is 0 Å². The van der Waals surface area contributed by atoms with Gasteiger partial charge in [0.15, 0.2) is 0 Å². The maximum atomic E-state index is 11.6. The van der Waals surface area contributed by atoms with Gasteiger partial charge in [-0.25, -0.2) is 4.98 Å². The van der Waals surface area contributed by atoms with Crippen LogP contribution >= 0.6 is 22.6 Å². The van der Waals surface area contributed by atoms with Gasteiger partial charge in [-0.05, 0) is 34.7 Å². The maximum absolute atomic E-state index is 11.6. The van der Waals surface area contributed by atoms with E-state index in [-0.39, 0.29) is 5.56 Å². The fourth-order valence-corrected chi connectivity index (χ4v) is 1.58. The molecule has 0 saturated carbocycles. The molecule has 14 heavy (non-hydrogen) atoms. The van der Waals surface area contributed by atoms with Crippen LogP contribution in [0.3, 0.4) is 0 Å². The first-order valence-corrected chi connectivity index (χ1v) is 5.07. The lowest BCUT2D eigenvalue weighted by molar-refractivity contribution is 0.487. The molecule has 0 aromatic carbocycles. The Morgan fingerprint density at radius 3 is 3.14 bits per heavy atom. The predicted octanol–water partition coefficient (Wildman–Crippen LogP) is 1.49. The SMILES string of the molecule is O=c1c(I)cncn1Cc1ccco1. The highest BCUT2D eigenvalue weighted by molar-refractivity contribution is 14.1. The summed E-state index contributed by atoms with van der Waals surface area (Å²) < 4.78 is 7.26. The first-order valence-electron chi connectivity index (χ1n) is 3.99. The summed E-state index contributed by atoms with van der Waals surface area (Å²) in [6, 6.07) is 3.62. The van der Waals surface area contributed by atoms with E-state index in [1.165, 1.54) is 10.9 Å². The third kappa shape index (κ3) is 1.87. The highest BCUT2D eigenvalue weighted by Gasteiger charge is 2.02. The van der Waals surface area contributed by atoms with E-state index >= 15 is 0 Å². The number of hydrogen-bond acceptors (Lipinski definition) is 3. The minimum Gasteiger partial charge on any atom is -0.467 e. The molecule has 0 unspecified atom stereocenters. The van der Waals surface area contributed by atoms with Crippen molar-refractivity contribution in [2.24, 2.45) is 0 Å². The third-order valence-corrected chi connectivity index (χ3v) is 2.51. The Morgan fingerprint density at radius 1 is 1.57 bits per heavy atom. The normalized spacial score (nSPS) is 10.4. The zero-order chi connectivity index (χ0) is 9.97. The molecule has 0 aliphatic rings. The summed E-state index contributed by atoms with van der Waals surface area (Å²) in [4.78, 5) is 15.5. The molecule has 72 valence electrons. The van der Waals surface area contributed by atoms with Gasteiger partial charge >= 0.3 is 0 Å². The van der Waals surface area contributed by atoms with Gasteiger partial charge in [0.05, 0.1) is 22.7 Å². The summed E-state index contributed by atoms with van der Waals surface area (Å²) >= 11 is 1.96. The molecule has 0 saturated heterocycles. The molecule has 2 heterocycles. The average Bonchev–Trinajstić information content (AvgIpc) is 2.66. The van der Waals surface area contributed by atoms with Crippen LogP contribution in [0, 0.1) is 3.57 Å². The van der Waals surface area contributed by atoms with Crippen LogP contribution in [-0.4, -0.2) is 9.55 Å². The Hall–Kier alpha value is -1.11. The zero-order valence-corrected chi connectivity index (χ0v) is 9.34. The van der Waals surface area contributed by atoms with Crippen molar-refractivity contribution < 1.29 is 4.42 Å². The fourth-order valence-electron chi connectivity index (χ4n) is 1.11. The predicted molar refractivity (Wildman–Crippen MR) is 59.0 cm³/mol. The third-order valence-electron chi connectivity index (χ3n) is 1.77. The number of halogens is 1. The van der Waals surface area contributed by atoms with Gasteiger partial charge in [-0.2, -0.15) is 0 Å². The lowest BCUT2D eigenvalue weighted by atomic mass is 10.4. The van der Waals surface area contributed by atoms with Crippen molar-refractivity contribution in [3.8, 4) is 0 Å². The van der Waals surface area contributed by atoms with E-state index in [2.05, 4.69) is 4.98 Å². The Morgan fingerprint density at radius 2 is 2.43 bits per heavy atom. The van der Waals surface area contributed by atoms with Crippen molar-refractivity contribution in [3.05, 3.63) is 50.6 Å². The van der Waals surface area contributed by atoms with Crippen LogP contribution < -0.4 is 5.56 Å². The van der Waals surface area contributed by atoms with Gasteiger partial charge in [0, 0.05) is 6.20 Å². The van der Waals surface area contributed by atoms with Crippen molar-refractivity contribution in [2.75, 3.05) is 0 Å². The van der Waals surface area contributed by atoms with E-state index in [1.54, 1.807) is 18.5 Å². The number of nitrogens with zero attached hydrogens (tertiary/aromatic N) is 2. The molecule has 0 fully saturated rings.